The van der Waals surface area contributed by atoms with Gasteiger partial charge < -0.3 is 9.84 Å². The molecule has 1 unspecified atom stereocenters. The lowest BCUT2D eigenvalue weighted by atomic mass is 9.96. The van der Waals surface area contributed by atoms with Gasteiger partial charge in [0.2, 0.25) is 0 Å². The number of hydrogen-bond acceptors (Lipinski definition) is 5. The summed E-state index contributed by atoms with van der Waals surface area (Å²) in [4.78, 5) is 7.82. The summed E-state index contributed by atoms with van der Waals surface area (Å²) in [5.74, 6) is -0.293. The summed E-state index contributed by atoms with van der Waals surface area (Å²) in [7, 11) is 0. The quantitative estimate of drug-likeness (QED) is 0.241. The molecule has 5 nitrogen and oxygen atoms in total. The van der Waals surface area contributed by atoms with E-state index in [9.17, 15) is 31.4 Å². The Morgan fingerprint density at radius 2 is 1.36 bits per heavy atom. The zero-order valence-corrected chi connectivity index (χ0v) is 22.4. The number of hydrogen-bond donors (Lipinski definition) is 1. The number of benzene rings is 3. The summed E-state index contributed by atoms with van der Waals surface area (Å²) in [6.07, 6.45) is -11.2. The standard InChI is InChI=1S/C31H29F6N3O2/c32-30(33,34)24-18-27(31(35,36)37)38-25-12-7-13-26(28(24)25)42-20-23(41)19-39-14-16-40(17-15-39)29(21-8-3-1-4-9-21)22-10-5-2-6-11-22/h1-13,18,23,29,41H,14-17,19-20H2. The predicted octanol–water partition coefficient (Wildman–Crippen LogP) is 6.42. The van der Waals surface area contributed by atoms with Gasteiger partial charge in [0.25, 0.3) is 0 Å². The third-order valence-corrected chi connectivity index (χ3v) is 7.29. The molecule has 2 heterocycles. The van der Waals surface area contributed by atoms with Gasteiger partial charge in [-0.15, -0.1) is 0 Å². The Hall–Kier alpha value is -3.67. The second-order valence-electron chi connectivity index (χ2n) is 10.2. The third kappa shape index (κ3) is 6.86. The molecular weight excluding hydrogens is 560 g/mol. The SMILES string of the molecule is OC(COc1cccc2nc(C(F)(F)F)cc(C(F)(F)F)c12)CN1CCN(C(c2ccccc2)c2ccccc2)CC1. The highest BCUT2D eigenvalue weighted by Gasteiger charge is 2.40. The first kappa shape index (κ1) is 29.8. The molecule has 4 aromatic rings. The minimum Gasteiger partial charge on any atom is -0.490 e. The zero-order chi connectivity index (χ0) is 29.9. The van der Waals surface area contributed by atoms with Crippen molar-refractivity contribution in [2.24, 2.45) is 0 Å². The van der Waals surface area contributed by atoms with Crippen LogP contribution in [0.2, 0.25) is 0 Å². The van der Waals surface area contributed by atoms with Crippen LogP contribution < -0.4 is 4.74 Å². The van der Waals surface area contributed by atoms with Gasteiger partial charge in [-0.1, -0.05) is 66.7 Å². The minimum atomic E-state index is -5.07. The number of rotatable bonds is 8. The lowest BCUT2D eigenvalue weighted by Gasteiger charge is -2.40. The first-order chi connectivity index (χ1) is 20.0. The summed E-state index contributed by atoms with van der Waals surface area (Å²) < 4.78 is 86.5. The number of aromatic nitrogens is 1. The average Bonchev–Trinajstić information content (AvgIpc) is 2.96. The molecule has 1 aromatic heterocycles. The van der Waals surface area contributed by atoms with Crippen molar-refractivity contribution in [3.8, 4) is 5.75 Å². The van der Waals surface area contributed by atoms with Crippen LogP contribution in [0.4, 0.5) is 26.3 Å². The molecule has 1 atom stereocenters. The first-order valence-electron chi connectivity index (χ1n) is 13.5. The van der Waals surface area contributed by atoms with Gasteiger partial charge in [-0.3, -0.25) is 9.80 Å². The number of nitrogens with zero attached hydrogens (tertiary/aromatic N) is 3. The van der Waals surface area contributed by atoms with Crippen LogP contribution in [0.15, 0.2) is 84.9 Å². The molecule has 0 bridgehead atoms. The number of aliphatic hydroxyl groups excluding tert-OH is 1. The number of fused-ring (bicyclic) bond motifs is 1. The lowest BCUT2D eigenvalue weighted by Crippen LogP contribution is -2.50. The van der Waals surface area contributed by atoms with E-state index in [1.807, 2.05) is 36.4 Å². The van der Waals surface area contributed by atoms with Gasteiger partial charge in [0, 0.05) is 32.7 Å². The van der Waals surface area contributed by atoms with Crippen LogP contribution in [0.5, 0.6) is 5.75 Å². The highest BCUT2D eigenvalue weighted by atomic mass is 19.4. The maximum atomic E-state index is 13.8. The number of piperazine rings is 1. The molecule has 1 fully saturated rings. The predicted molar refractivity (Wildman–Crippen MR) is 146 cm³/mol. The van der Waals surface area contributed by atoms with Gasteiger partial charge in [-0.05, 0) is 29.3 Å². The third-order valence-electron chi connectivity index (χ3n) is 7.29. The monoisotopic (exact) mass is 589 g/mol. The summed E-state index contributed by atoms with van der Waals surface area (Å²) in [5.41, 5.74) is -1.27. The smallest absolute Gasteiger partial charge is 0.433 e. The molecule has 0 amide bonds. The molecule has 0 saturated carbocycles. The number of aliphatic hydroxyl groups is 1. The summed E-state index contributed by atoms with van der Waals surface area (Å²) in [5, 5.41) is 10.1. The Kier molecular flexibility index (Phi) is 8.72. The van der Waals surface area contributed by atoms with E-state index < -0.39 is 40.6 Å². The van der Waals surface area contributed by atoms with Crippen molar-refractivity contribution in [3.05, 3.63) is 107 Å². The van der Waals surface area contributed by atoms with Crippen molar-refractivity contribution in [3.63, 3.8) is 0 Å². The van der Waals surface area contributed by atoms with Crippen LogP contribution in [0.3, 0.4) is 0 Å². The molecule has 222 valence electrons. The highest BCUT2D eigenvalue weighted by Crippen LogP contribution is 2.41. The Bertz CT molecular complexity index is 1430. The van der Waals surface area contributed by atoms with Gasteiger partial charge in [-0.25, -0.2) is 4.98 Å². The van der Waals surface area contributed by atoms with Crippen molar-refractivity contribution in [1.29, 1.82) is 0 Å². The Labute approximate surface area is 239 Å². The van der Waals surface area contributed by atoms with Crippen molar-refractivity contribution in [2.75, 3.05) is 39.3 Å². The lowest BCUT2D eigenvalue weighted by molar-refractivity contribution is -0.144. The number of halogens is 6. The number of β-amino-alcohol motifs (C(OH)–C–C–N with tert-alkyl or cyclic N) is 1. The van der Waals surface area contributed by atoms with Crippen LogP contribution in [-0.4, -0.2) is 65.3 Å². The van der Waals surface area contributed by atoms with Gasteiger partial charge >= 0.3 is 12.4 Å². The number of ether oxygens (including phenoxy) is 1. The van der Waals surface area contributed by atoms with E-state index >= 15 is 0 Å². The molecule has 0 aliphatic carbocycles. The fraction of sp³-hybridized carbons (Fsp3) is 0.323. The minimum absolute atomic E-state index is 0.0107. The summed E-state index contributed by atoms with van der Waals surface area (Å²) in [6.45, 7) is 2.66. The fourth-order valence-corrected chi connectivity index (χ4v) is 5.37. The maximum absolute atomic E-state index is 13.8. The Morgan fingerprint density at radius 3 is 1.90 bits per heavy atom. The molecule has 0 spiro atoms. The van der Waals surface area contributed by atoms with Gasteiger partial charge in [0.1, 0.15) is 24.2 Å². The van der Waals surface area contributed by atoms with E-state index in [4.69, 9.17) is 4.74 Å². The zero-order valence-electron chi connectivity index (χ0n) is 22.4. The van der Waals surface area contributed by atoms with Crippen molar-refractivity contribution in [2.45, 2.75) is 24.5 Å². The number of pyridine rings is 1. The van der Waals surface area contributed by atoms with Crippen molar-refractivity contribution >= 4 is 10.9 Å². The van der Waals surface area contributed by atoms with Crippen LogP contribution in [0.25, 0.3) is 10.9 Å². The van der Waals surface area contributed by atoms with Gasteiger partial charge in [-0.2, -0.15) is 26.3 Å². The normalized spacial score (nSPS) is 16.2. The molecule has 1 N–H and O–H groups in total. The molecular formula is C31H29F6N3O2. The van der Waals surface area contributed by atoms with Crippen LogP contribution in [0, 0.1) is 0 Å². The van der Waals surface area contributed by atoms with Gasteiger partial charge in [0.15, 0.2) is 0 Å². The van der Waals surface area contributed by atoms with E-state index in [0.717, 1.165) is 19.2 Å². The van der Waals surface area contributed by atoms with E-state index in [-0.39, 0.29) is 31.0 Å². The molecule has 11 heteroatoms. The van der Waals surface area contributed by atoms with E-state index in [1.165, 1.54) is 23.3 Å². The fourth-order valence-electron chi connectivity index (χ4n) is 5.37. The van der Waals surface area contributed by atoms with E-state index in [2.05, 4.69) is 39.0 Å². The van der Waals surface area contributed by atoms with E-state index in [1.54, 1.807) is 0 Å². The molecule has 1 aliphatic heterocycles. The number of alkyl halides is 6. The Morgan fingerprint density at radius 1 is 0.762 bits per heavy atom. The molecule has 42 heavy (non-hydrogen) atoms. The molecule has 3 aromatic carbocycles. The largest absolute Gasteiger partial charge is 0.490 e. The maximum Gasteiger partial charge on any atom is 0.433 e. The van der Waals surface area contributed by atoms with E-state index in [0.29, 0.717) is 13.1 Å². The Balaban J connectivity index is 1.24. The van der Waals surface area contributed by atoms with Gasteiger partial charge in [0.05, 0.1) is 22.5 Å². The molecule has 1 aliphatic rings. The first-order valence-corrected chi connectivity index (χ1v) is 13.5. The molecule has 0 radical (unpaired) electrons. The second-order valence-corrected chi connectivity index (χ2v) is 10.2. The van der Waals surface area contributed by atoms with Crippen molar-refractivity contribution < 1.29 is 36.2 Å². The van der Waals surface area contributed by atoms with Crippen LogP contribution in [0.1, 0.15) is 28.4 Å². The molecule has 1 saturated heterocycles. The van der Waals surface area contributed by atoms with Crippen molar-refractivity contribution in [1.82, 2.24) is 14.8 Å². The second kappa shape index (κ2) is 12.3. The average molecular weight is 590 g/mol. The topological polar surface area (TPSA) is 48.8 Å². The van der Waals surface area contributed by atoms with Crippen LogP contribution in [-0.2, 0) is 12.4 Å². The van der Waals surface area contributed by atoms with Crippen LogP contribution >= 0.6 is 0 Å². The summed E-state index contributed by atoms with van der Waals surface area (Å²) >= 11 is 0. The highest BCUT2D eigenvalue weighted by molar-refractivity contribution is 5.89. The summed E-state index contributed by atoms with van der Waals surface area (Å²) in [6, 6.07) is 24.0. The molecule has 5 rings (SSSR count).